The molecule has 1 amide bonds. The molecule has 0 unspecified atom stereocenters. The average molecular weight is 404 g/mol. The molecular formula is C17H14BrN3O4. The summed E-state index contributed by atoms with van der Waals surface area (Å²) in [6, 6.07) is 13.7. The number of carbonyl (C=O) groups is 1. The van der Waals surface area contributed by atoms with Crippen LogP contribution in [0.15, 0.2) is 64.2 Å². The summed E-state index contributed by atoms with van der Waals surface area (Å²) < 4.78 is 5.68. The molecule has 0 heterocycles. The number of nitrogens with one attached hydrogen (secondary N) is 1. The molecule has 0 aliphatic heterocycles. The summed E-state index contributed by atoms with van der Waals surface area (Å²) in [6.07, 6.45) is 5.00. The molecule has 0 saturated heterocycles. The summed E-state index contributed by atoms with van der Waals surface area (Å²) >= 11 is 3.16. The standard InChI is InChI=1S/C17H14BrN3O4/c18-15-11-14(21(23)24)8-9-16(15)25-12-17(22)20-19-10-4-7-13-5-2-1-3-6-13/h1-11H,12H2,(H,20,22)/b7-4+,19-10-. The van der Waals surface area contributed by atoms with E-state index in [-0.39, 0.29) is 12.3 Å². The van der Waals surface area contributed by atoms with Gasteiger partial charge in [0.05, 0.1) is 9.40 Å². The molecule has 0 fully saturated rings. The van der Waals surface area contributed by atoms with E-state index in [1.807, 2.05) is 36.4 Å². The first-order chi connectivity index (χ1) is 12.1. The van der Waals surface area contributed by atoms with Crippen molar-refractivity contribution in [2.75, 3.05) is 6.61 Å². The van der Waals surface area contributed by atoms with Crippen molar-refractivity contribution in [1.29, 1.82) is 0 Å². The van der Waals surface area contributed by atoms with Crippen LogP contribution in [-0.2, 0) is 4.79 Å². The summed E-state index contributed by atoms with van der Waals surface area (Å²) in [7, 11) is 0. The zero-order chi connectivity index (χ0) is 18.1. The highest BCUT2D eigenvalue weighted by atomic mass is 79.9. The van der Waals surface area contributed by atoms with Crippen LogP contribution in [-0.4, -0.2) is 23.7 Å². The number of carbonyl (C=O) groups excluding carboxylic acids is 1. The number of benzene rings is 2. The number of hydrazone groups is 1. The van der Waals surface area contributed by atoms with E-state index in [1.54, 1.807) is 6.08 Å². The van der Waals surface area contributed by atoms with Crippen molar-refractivity contribution in [3.8, 4) is 5.75 Å². The molecule has 0 radical (unpaired) electrons. The predicted octanol–water partition coefficient (Wildman–Crippen LogP) is 3.55. The zero-order valence-electron chi connectivity index (χ0n) is 13.0. The second-order valence-electron chi connectivity index (χ2n) is 4.74. The molecule has 25 heavy (non-hydrogen) atoms. The van der Waals surface area contributed by atoms with E-state index in [0.717, 1.165) is 5.56 Å². The maximum Gasteiger partial charge on any atom is 0.277 e. The number of non-ortho nitro benzene ring substituents is 1. The monoisotopic (exact) mass is 403 g/mol. The Morgan fingerprint density at radius 1 is 1.28 bits per heavy atom. The quantitative estimate of drug-likeness (QED) is 0.434. The Morgan fingerprint density at radius 3 is 2.72 bits per heavy atom. The van der Waals surface area contributed by atoms with Gasteiger partial charge in [0, 0.05) is 18.3 Å². The van der Waals surface area contributed by atoms with Crippen LogP contribution < -0.4 is 10.2 Å². The van der Waals surface area contributed by atoms with E-state index in [1.165, 1.54) is 24.4 Å². The molecule has 0 aromatic heterocycles. The fourth-order valence-electron chi connectivity index (χ4n) is 1.77. The van der Waals surface area contributed by atoms with Gasteiger partial charge in [-0.2, -0.15) is 5.10 Å². The molecule has 0 spiro atoms. The Morgan fingerprint density at radius 2 is 2.04 bits per heavy atom. The van der Waals surface area contributed by atoms with Gasteiger partial charge in [-0.05, 0) is 33.6 Å². The summed E-state index contributed by atoms with van der Waals surface area (Å²) in [6.45, 7) is -0.268. The van der Waals surface area contributed by atoms with Crippen LogP contribution in [0.1, 0.15) is 5.56 Å². The molecule has 7 nitrogen and oxygen atoms in total. The number of ether oxygens (including phenoxy) is 1. The van der Waals surface area contributed by atoms with Gasteiger partial charge in [0.2, 0.25) is 0 Å². The minimum Gasteiger partial charge on any atom is -0.483 e. The van der Waals surface area contributed by atoms with Crippen LogP contribution >= 0.6 is 15.9 Å². The van der Waals surface area contributed by atoms with Crippen molar-refractivity contribution in [3.05, 3.63) is 74.8 Å². The second-order valence-corrected chi connectivity index (χ2v) is 5.60. The third kappa shape index (κ3) is 6.19. The van der Waals surface area contributed by atoms with E-state index in [2.05, 4.69) is 26.5 Å². The molecule has 2 rings (SSSR count). The molecule has 0 aliphatic rings. The van der Waals surface area contributed by atoms with Gasteiger partial charge in [-0.1, -0.05) is 36.4 Å². The van der Waals surface area contributed by atoms with E-state index in [9.17, 15) is 14.9 Å². The Balaban J connectivity index is 1.78. The summed E-state index contributed by atoms with van der Waals surface area (Å²) in [4.78, 5) is 21.8. The number of halogens is 1. The van der Waals surface area contributed by atoms with Gasteiger partial charge >= 0.3 is 0 Å². The van der Waals surface area contributed by atoms with E-state index < -0.39 is 10.8 Å². The third-order valence-corrected chi connectivity index (χ3v) is 3.54. The maximum atomic E-state index is 11.6. The van der Waals surface area contributed by atoms with Crippen LogP contribution in [0, 0.1) is 10.1 Å². The van der Waals surface area contributed by atoms with Gasteiger partial charge in [0.25, 0.3) is 11.6 Å². The number of allylic oxidation sites excluding steroid dienone is 1. The van der Waals surface area contributed by atoms with Crippen molar-refractivity contribution < 1.29 is 14.5 Å². The fourth-order valence-corrected chi connectivity index (χ4v) is 2.25. The summed E-state index contributed by atoms with van der Waals surface area (Å²) in [5.74, 6) is -0.122. The lowest BCUT2D eigenvalue weighted by Gasteiger charge is -2.06. The Hall–Kier alpha value is -3.00. The topological polar surface area (TPSA) is 93.8 Å². The maximum absolute atomic E-state index is 11.6. The number of nitro benzene ring substituents is 1. The normalized spacial score (nSPS) is 10.9. The number of hydrogen-bond donors (Lipinski definition) is 1. The lowest BCUT2D eigenvalue weighted by molar-refractivity contribution is -0.384. The smallest absolute Gasteiger partial charge is 0.277 e. The van der Waals surface area contributed by atoms with Crippen LogP contribution in [0.4, 0.5) is 5.69 Å². The van der Waals surface area contributed by atoms with Crippen molar-refractivity contribution in [2.24, 2.45) is 5.10 Å². The van der Waals surface area contributed by atoms with E-state index in [4.69, 9.17) is 4.74 Å². The zero-order valence-corrected chi connectivity index (χ0v) is 14.5. The van der Waals surface area contributed by atoms with Gasteiger partial charge in [0.15, 0.2) is 6.61 Å². The third-order valence-electron chi connectivity index (χ3n) is 2.92. The second kappa shape index (κ2) is 9.33. The average Bonchev–Trinajstić information content (AvgIpc) is 2.61. The molecule has 2 aromatic rings. The molecule has 2 aromatic carbocycles. The Labute approximate surface area is 152 Å². The molecule has 8 heteroatoms. The molecular weight excluding hydrogens is 390 g/mol. The minimum absolute atomic E-state index is 0.0709. The lowest BCUT2D eigenvalue weighted by atomic mass is 10.2. The number of nitro groups is 1. The summed E-state index contributed by atoms with van der Waals surface area (Å²) in [5, 5.41) is 14.4. The molecule has 0 aliphatic carbocycles. The lowest BCUT2D eigenvalue weighted by Crippen LogP contribution is -2.24. The molecule has 0 saturated carbocycles. The van der Waals surface area contributed by atoms with Crippen LogP contribution in [0.2, 0.25) is 0 Å². The van der Waals surface area contributed by atoms with E-state index >= 15 is 0 Å². The highest BCUT2D eigenvalue weighted by molar-refractivity contribution is 9.10. The Bertz CT molecular complexity index is 807. The summed E-state index contributed by atoms with van der Waals surface area (Å²) in [5.41, 5.74) is 3.27. The van der Waals surface area contributed by atoms with Crippen LogP contribution in [0.5, 0.6) is 5.75 Å². The van der Waals surface area contributed by atoms with Crippen molar-refractivity contribution in [3.63, 3.8) is 0 Å². The molecule has 128 valence electrons. The number of nitrogens with zero attached hydrogens (tertiary/aromatic N) is 2. The van der Waals surface area contributed by atoms with Crippen LogP contribution in [0.3, 0.4) is 0 Å². The van der Waals surface area contributed by atoms with E-state index in [0.29, 0.717) is 10.2 Å². The largest absolute Gasteiger partial charge is 0.483 e. The fraction of sp³-hybridized carbons (Fsp3) is 0.0588. The first-order valence-corrected chi connectivity index (χ1v) is 7.96. The number of rotatable bonds is 7. The number of amides is 1. The van der Waals surface area contributed by atoms with Crippen LogP contribution in [0.25, 0.3) is 6.08 Å². The van der Waals surface area contributed by atoms with Gasteiger partial charge in [-0.15, -0.1) is 0 Å². The van der Waals surface area contributed by atoms with Gasteiger partial charge in [-0.25, -0.2) is 5.43 Å². The van der Waals surface area contributed by atoms with Gasteiger partial charge in [0.1, 0.15) is 5.75 Å². The molecule has 0 atom stereocenters. The first-order valence-electron chi connectivity index (χ1n) is 7.16. The van der Waals surface area contributed by atoms with Crippen molar-refractivity contribution in [2.45, 2.75) is 0 Å². The van der Waals surface area contributed by atoms with Gasteiger partial charge in [-0.3, -0.25) is 14.9 Å². The highest BCUT2D eigenvalue weighted by Crippen LogP contribution is 2.28. The Kier molecular flexibility index (Phi) is 6.85. The van der Waals surface area contributed by atoms with Crippen molar-refractivity contribution >= 4 is 39.8 Å². The van der Waals surface area contributed by atoms with Crippen molar-refractivity contribution in [1.82, 2.24) is 5.43 Å². The first kappa shape index (κ1) is 18.3. The minimum atomic E-state index is -0.515. The SMILES string of the molecule is O=C(COc1ccc([N+](=O)[O-])cc1Br)N/N=C\C=C\c1ccccc1. The number of hydrogen-bond acceptors (Lipinski definition) is 5. The molecule has 0 bridgehead atoms. The van der Waals surface area contributed by atoms with Gasteiger partial charge < -0.3 is 4.74 Å². The molecule has 1 N–H and O–H groups in total. The highest BCUT2D eigenvalue weighted by Gasteiger charge is 2.11. The predicted molar refractivity (Wildman–Crippen MR) is 98.4 cm³/mol.